The summed E-state index contributed by atoms with van der Waals surface area (Å²) in [6.07, 6.45) is 6.25. The molecule has 0 aliphatic rings. The highest BCUT2D eigenvalue weighted by atomic mass is 35.5. The maximum atomic E-state index is 6.29. The fourth-order valence-corrected chi connectivity index (χ4v) is 2.12. The van der Waals surface area contributed by atoms with Crippen LogP contribution in [0, 0.1) is 13.8 Å². The average molecular weight is 253 g/mol. The van der Waals surface area contributed by atoms with E-state index in [0.717, 1.165) is 34.7 Å². The molecule has 0 bridgehead atoms. The lowest BCUT2D eigenvalue weighted by molar-refractivity contribution is 0.336. The Kier molecular flexibility index (Phi) is 5.57. The predicted molar refractivity (Wildman–Crippen MR) is 75.2 cm³/mol. The Bertz CT molecular complexity index is 408. The first-order valence-electron chi connectivity index (χ1n) is 6.14. The molecule has 1 aromatic rings. The van der Waals surface area contributed by atoms with Crippen molar-refractivity contribution in [3.8, 4) is 5.75 Å². The second kappa shape index (κ2) is 6.70. The second-order valence-electron chi connectivity index (χ2n) is 4.15. The highest BCUT2D eigenvalue weighted by Crippen LogP contribution is 2.32. The smallest absolute Gasteiger partial charge is 0.123 e. The number of hydrogen-bond donors (Lipinski definition) is 0. The standard InChI is InChI=1S/C15H21ClO/c1-5-7-8-9-13-12(4)15(16)11(3)10-14(13)17-6-2/h5,7,10H,6,8-9H2,1-4H3/b7-5-. The lowest BCUT2D eigenvalue weighted by Crippen LogP contribution is -2.01. The number of halogens is 1. The molecule has 17 heavy (non-hydrogen) atoms. The van der Waals surface area contributed by atoms with Gasteiger partial charge in [-0.05, 0) is 63.3 Å². The van der Waals surface area contributed by atoms with Crippen LogP contribution in [0.4, 0.5) is 0 Å². The van der Waals surface area contributed by atoms with E-state index < -0.39 is 0 Å². The topological polar surface area (TPSA) is 9.23 Å². The van der Waals surface area contributed by atoms with Crippen LogP contribution >= 0.6 is 11.6 Å². The van der Waals surface area contributed by atoms with Crippen molar-refractivity contribution >= 4 is 11.6 Å². The third kappa shape index (κ3) is 3.50. The Morgan fingerprint density at radius 3 is 2.65 bits per heavy atom. The van der Waals surface area contributed by atoms with E-state index in [1.807, 2.05) is 26.8 Å². The molecule has 0 radical (unpaired) electrons. The molecular weight excluding hydrogens is 232 g/mol. The van der Waals surface area contributed by atoms with Crippen LogP contribution in [0.5, 0.6) is 5.75 Å². The molecule has 0 aromatic heterocycles. The summed E-state index contributed by atoms with van der Waals surface area (Å²) >= 11 is 6.29. The van der Waals surface area contributed by atoms with E-state index in [1.165, 1.54) is 5.56 Å². The fourth-order valence-electron chi connectivity index (χ4n) is 1.95. The molecule has 0 unspecified atom stereocenters. The van der Waals surface area contributed by atoms with Gasteiger partial charge in [-0.3, -0.25) is 0 Å². The van der Waals surface area contributed by atoms with E-state index in [9.17, 15) is 0 Å². The van der Waals surface area contributed by atoms with E-state index >= 15 is 0 Å². The van der Waals surface area contributed by atoms with Gasteiger partial charge in [0.2, 0.25) is 0 Å². The van der Waals surface area contributed by atoms with Crippen LogP contribution < -0.4 is 4.74 Å². The van der Waals surface area contributed by atoms with Gasteiger partial charge in [-0.1, -0.05) is 23.8 Å². The van der Waals surface area contributed by atoms with E-state index in [-0.39, 0.29) is 0 Å². The van der Waals surface area contributed by atoms with Crippen LogP contribution in [0.3, 0.4) is 0 Å². The zero-order valence-corrected chi connectivity index (χ0v) is 11.9. The molecule has 94 valence electrons. The Labute approximate surface area is 109 Å². The van der Waals surface area contributed by atoms with E-state index in [1.54, 1.807) is 0 Å². The minimum absolute atomic E-state index is 0.692. The third-order valence-corrected chi connectivity index (χ3v) is 3.45. The molecule has 1 nitrogen and oxygen atoms in total. The van der Waals surface area contributed by atoms with Crippen LogP contribution in [-0.2, 0) is 6.42 Å². The van der Waals surface area contributed by atoms with Crippen molar-refractivity contribution in [2.24, 2.45) is 0 Å². The number of benzene rings is 1. The summed E-state index contributed by atoms with van der Waals surface area (Å²) in [5.74, 6) is 0.983. The first-order chi connectivity index (χ1) is 8.11. The molecule has 0 atom stereocenters. The molecule has 1 rings (SSSR count). The minimum atomic E-state index is 0.692. The van der Waals surface area contributed by atoms with Gasteiger partial charge < -0.3 is 4.74 Å². The summed E-state index contributed by atoms with van der Waals surface area (Å²) in [6, 6.07) is 2.05. The second-order valence-corrected chi connectivity index (χ2v) is 4.53. The van der Waals surface area contributed by atoms with Gasteiger partial charge in [0.1, 0.15) is 5.75 Å². The van der Waals surface area contributed by atoms with Gasteiger partial charge in [-0.15, -0.1) is 0 Å². The van der Waals surface area contributed by atoms with Gasteiger partial charge >= 0.3 is 0 Å². The minimum Gasteiger partial charge on any atom is -0.494 e. The molecule has 0 spiro atoms. The summed E-state index contributed by atoms with van der Waals surface area (Å²) in [4.78, 5) is 0. The molecule has 0 amide bonds. The molecular formula is C15H21ClO. The van der Waals surface area contributed by atoms with Crippen LogP contribution in [0.1, 0.15) is 37.0 Å². The number of allylic oxidation sites excluding steroid dienone is 2. The first kappa shape index (κ1) is 14.1. The fraction of sp³-hybridized carbons (Fsp3) is 0.467. The van der Waals surface area contributed by atoms with Gasteiger partial charge in [0.05, 0.1) is 6.61 Å². The SMILES string of the molecule is C/C=C\CCc1c(OCC)cc(C)c(Cl)c1C. The van der Waals surface area contributed by atoms with Crippen molar-refractivity contribution in [2.45, 2.75) is 40.5 Å². The summed E-state index contributed by atoms with van der Waals surface area (Å²) in [6.45, 7) is 8.83. The van der Waals surface area contributed by atoms with Gasteiger partial charge in [0, 0.05) is 5.02 Å². The van der Waals surface area contributed by atoms with Gasteiger partial charge in [-0.25, -0.2) is 0 Å². The van der Waals surface area contributed by atoms with Crippen molar-refractivity contribution in [3.63, 3.8) is 0 Å². The molecule has 0 N–H and O–H groups in total. The van der Waals surface area contributed by atoms with Crippen LogP contribution in [-0.4, -0.2) is 6.61 Å². The van der Waals surface area contributed by atoms with E-state index in [2.05, 4.69) is 19.1 Å². The largest absolute Gasteiger partial charge is 0.494 e. The molecule has 0 saturated carbocycles. The highest BCUT2D eigenvalue weighted by molar-refractivity contribution is 6.32. The zero-order valence-electron chi connectivity index (χ0n) is 11.1. The molecule has 0 heterocycles. The molecule has 2 heteroatoms. The maximum Gasteiger partial charge on any atom is 0.123 e. The molecule has 0 fully saturated rings. The number of hydrogen-bond acceptors (Lipinski definition) is 1. The molecule has 0 saturated heterocycles. The summed E-state index contributed by atoms with van der Waals surface area (Å²) < 4.78 is 5.70. The van der Waals surface area contributed by atoms with E-state index in [0.29, 0.717) is 6.61 Å². The number of rotatable bonds is 5. The summed E-state index contributed by atoms with van der Waals surface area (Å²) in [7, 11) is 0. The lowest BCUT2D eigenvalue weighted by Gasteiger charge is -2.15. The van der Waals surface area contributed by atoms with Crippen molar-refractivity contribution in [3.05, 3.63) is 39.9 Å². The maximum absolute atomic E-state index is 6.29. The average Bonchev–Trinajstić information content (AvgIpc) is 2.31. The number of aryl methyl sites for hydroxylation is 1. The van der Waals surface area contributed by atoms with Crippen molar-refractivity contribution in [1.82, 2.24) is 0 Å². The highest BCUT2D eigenvalue weighted by Gasteiger charge is 2.12. The third-order valence-electron chi connectivity index (χ3n) is 2.87. The summed E-state index contributed by atoms with van der Waals surface area (Å²) in [5.41, 5.74) is 3.47. The lowest BCUT2D eigenvalue weighted by atomic mass is 10.00. The van der Waals surface area contributed by atoms with Gasteiger partial charge in [0.15, 0.2) is 0 Å². The number of ether oxygens (including phenoxy) is 1. The van der Waals surface area contributed by atoms with Crippen molar-refractivity contribution in [1.29, 1.82) is 0 Å². The Balaban J connectivity index is 3.09. The van der Waals surface area contributed by atoms with Crippen LogP contribution in [0.2, 0.25) is 5.02 Å². The Morgan fingerprint density at radius 1 is 1.35 bits per heavy atom. The Morgan fingerprint density at radius 2 is 2.06 bits per heavy atom. The van der Waals surface area contributed by atoms with Gasteiger partial charge in [-0.2, -0.15) is 0 Å². The zero-order chi connectivity index (χ0) is 12.8. The van der Waals surface area contributed by atoms with E-state index in [4.69, 9.17) is 16.3 Å². The molecule has 0 aliphatic heterocycles. The quantitative estimate of drug-likeness (QED) is 0.680. The monoisotopic (exact) mass is 252 g/mol. The van der Waals surface area contributed by atoms with Crippen LogP contribution in [0.25, 0.3) is 0 Å². The molecule has 0 aliphatic carbocycles. The van der Waals surface area contributed by atoms with Crippen LogP contribution in [0.15, 0.2) is 18.2 Å². The molecule has 1 aromatic carbocycles. The van der Waals surface area contributed by atoms with Gasteiger partial charge in [0.25, 0.3) is 0 Å². The predicted octanol–water partition coefficient (Wildman–Crippen LogP) is 4.86. The normalized spacial score (nSPS) is 11.1. The van der Waals surface area contributed by atoms with Crippen molar-refractivity contribution in [2.75, 3.05) is 6.61 Å². The van der Waals surface area contributed by atoms with Crippen molar-refractivity contribution < 1.29 is 4.74 Å². The Hall–Kier alpha value is -0.950. The summed E-state index contributed by atoms with van der Waals surface area (Å²) in [5, 5.41) is 0.865. The first-order valence-corrected chi connectivity index (χ1v) is 6.52.